The molecule has 0 bridgehead atoms. The molecular weight excluding hydrogens is 367 g/mol. The summed E-state index contributed by atoms with van der Waals surface area (Å²) in [4.78, 5) is 36.7. The van der Waals surface area contributed by atoms with Crippen LogP contribution in [0.25, 0.3) is 0 Å². The van der Waals surface area contributed by atoms with Crippen LogP contribution in [0.1, 0.15) is 23.7 Å². The van der Waals surface area contributed by atoms with Gasteiger partial charge in [-0.3, -0.25) is 14.4 Å². The molecule has 3 N–H and O–H groups in total. The summed E-state index contributed by atoms with van der Waals surface area (Å²) in [6.07, 6.45) is -4.95. The van der Waals surface area contributed by atoms with Crippen LogP contribution < -0.4 is 21.5 Å². The van der Waals surface area contributed by atoms with Crippen molar-refractivity contribution < 1.29 is 23.1 Å². The quantitative estimate of drug-likeness (QED) is 0.521. The smallest absolute Gasteiger partial charge is 0.408 e. The van der Waals surface area contributed by atoms with Gasteiger partial charge in [0, 0.05) is 14.1 Å². The molecule has 0 radical (unpaired) electrons. The number of benzene rings is 1. The number of aromatic hydroxyl groups is 1. The Balaban J connectivity index is 2.37. The lowest BCUT2D eigenvalue weighted by Gasteiger charge is -2.23. The molecule has 0 aliphatic heterocycles. The molecule has 10 heteroatoms. The van der Waals surface area contributed by atoms with Crippen molar-refractivity contribution in [1.29, 1.82) is 0 Å². The van der Waals surface area contributed by atoms with Gasteiger partial charge in [-0.05, 0) is 18.6 Å². The Kier molecular flexibility index (Phi) is 5.48. The fraction of sp³-hybridized carbons (Fsp3) is 0.353. The number of nitrogens with zero attached hydrogens (tertiary/aromatic N) is 1. The summed E-state index contributed by atoms with van der Waals surface area (Å²) < 4.78 is 38.8. The number of para-hydroxylation sites is 1. The Hall–Kier alpha value is -3.04. The zero-order chi connectivity index (χ0) is 20.5. The van der Waals surface area contributed by atoms with Crippen LogP contribution in [0.5, 0.6) is 5.75 Å². The lowest BCUT2D eigenvalue weighted by Crippen LogP contribution is -2.43. The second-order valence-corrected chi connectivity index (χ2v) is 6.08. The van der Waals surface area contributed by atoms with Crippen LogP contribution in [0, 0.1) is 0 Å². The van der Waals surface area contributed by atoms with Gasteiger partial charge in [0.1, 0.15) is 17.4 Å². The van der Waals surface area contributed by atoms with Gasteiger partial charge >= 0.3 is 6.18 Å². The van der Waals surface area contributed by atoms with Gasteiger partial charge in [0.05, 0.1) is 11.3 Å². The number of nitrogens with one attached hydrogen (secondary N) is 2. The number of phenols is 1. The van der Waals surface area contributed by atoms with Gasteiger partial charge in [-0.15, -0.1) is 0 Å². The van der Waals surface area contributed by atoms with Crippen molar-refractivity contribution in [3.05, 3.63) is 44.2 Å². The third kappa shape index (κ3) is 3.88. The minimum Gasteiger partial charge on any atom is -0.505 e. The zero-order valence-electron chi connectivity index (χ0n) is 14.8. The minimum atomic E-state index is -4.61. The van der Waals surface area contributed by atoms with Gasteiger partial charge in [0.15, 0.2) is 5.75 Å². The number of alkyl halides is 3. The van der Waals surface area contributed by atoms with E-state index in [9.17, 15) is 32.7 Å². The lowest BCUT2D eigenvalue weighted by molar-refractivity contribution is -0.142. The van der Waals surface area contributed by atoms with Crippen molar-refractivity contribution in [3.63, 3.8) is 0 Å². The molecule has 1 amide bonds. The van der Waals surface area contributed by atoms with Crippen LogP contribution in [0.2, 0.25) is 0 Å². The Morgan fingerprint density at radius 1 is 1.19 bits per heavy atom. The van der Waals surface area contributed by atoms with Gasteiger partial charge in [-0.25, -0.2) is 0 Å². The van der Waals surface area contributed by atoms with Crippen LogP contribution in [-0.4, -0.2) is 42.2 Å². The molecule has 27 heavy (non-hydrogen) atoms. The number of hydrogen-bond acceptors (Lipinski definition) is 6. The average Bonchev–Trinajstić information content (AvgIpc) is 2.60. The first-order chi connectivity index (χ1) is 12.5. The Morgan fingerprint density at radius 2 is 1.78 bits per heavy atom. The van der Waals surface area contributed by atoms with Crippen LogP contribution in [0.4, 0.5) is 30.2 Å². The molecule has 0 aromatic heterocycles. The van der Waals surface area contributed by atoms with E-state index < -0.39 is 46.1 Å². The highest BCUT2D eigenvalue weighted by Crippen LogP contribution is 2.33. The van der Waals surface area contributed by atoms with E-state index in [2.05, 4.69) is 5.32 Å². The molecule has 0 aliphatic rings. The fourth-order valence-electron chi connectivity index (χ4n) is 2.43. The first-order valence-electron chi connectivity index (χ1n) is 7.96. The summed E-state index contributed by atoms with van der Waals surface area (Å²) in [6, 6.07) is 2.09. The lowest BCUT2D eigenvalue weighted by atomic mass is 10.1. The van der Waals surface area contributed by atoms with Crippen molar-refractivity contribution in [3.8, 4) is 5.75 Å². The van der Waals surface area contributed by atoms with Crippen molar-refractivity contribution in [1.82, 2.24) is 4.90 Å². The normalized spacial score (nSPS) is 12.7. The van der Waals surface area contributed by atoms with E-state index >= 15 is 0 Å². The molecule has 2 rings (SSSR count). The largest absolute Gasteiger partial charge is 0.505 e. The second kappa shape index (κ2) is 7.29. The topological polar surface area (TPSA) is 98.7 Å². The molecule has 0 spiro atoms. The predicted octanol–water partition coefficient (Wildman–Crippen LogP) is 2.19. The monoisotopic (exact) mass is 385 g/mol. The minimum absolute atomic E-state index is 0.0695. The van der Waals surface area contributed by atoms with Crippen molar-refractivity contribution in [2.75, 3.05) is 24.7 Å². The van der Waals surface area contributed by atoms with E-state index in [1.165, 1.54) is 44.1 Å². The molecule has 0 aliphatic carbocycles. The van der Waals surface area contributed by atoms with E-state index in [1.807, 2.05) is 5.32 Å². The number of hydrogen-bond donors (Lipinski definition) is 3. The van der Waals surface area contributed by atoms with Crippen LogP contribution in [0.15, 0.2) is 27.8 Å². The number of phenolic OH excluding ortho intramolecular Hbond substituents is 1. The highest BCUT2D eigenvalue weighted by atomic mass is 19.4. The fourth-order valence-corrected chi connectivity index (χ4v) is 2.43. The molecule has 0 saturated heterocycles. The first-order valence-corrected chi connectivity index (χ1v) is 7.96. The molecule has 146 valence electrons. The van der Waals surface area contributed by atoms with E-state index in [-0.39, 0.29) is 17.7 Å². The number of halogens is 3. The molecule has 2 aromatic rings. The van der Waals surface area contributed by atoms with E-state index in [4.69, 9.17) is 0 Å². The van der Waals surface area contributed by atoms with Gasteiger partial charge in [-0.1, -0.05) is 13.0 Å². The standard InChI is InChI=1S/C17H18F3N3O4/c1-4-10(17(18,19)20)22-12-11(14(25)15(12)26)21-9-7-5-6-8(13(9)24)16(27)23(2)3/h5-7,10,21-22,24H,4H2,1-3H3. The second-order valence-electron chi connectivity index (χ2n) is 6.08. The van der Waals surface area contributed by atoms with Gasteiger partial charge < -0.3 is 20.6 Å². The van der Waals surface area contributed by atoms with Gasteiger partial charge in [0.2, 0.25) is 0 Å². The zero-order valence-corrected chi connectivity index (χ0v) is 14.8. The maximum absolute atomic E-state index is 12.9. The molecule has 0 saturated carbocycles. The van der Waals surface area contributed by atoms with Crippen molar-refractivity contribution >= 4 is 23.0 Å². The van der Waals surface area contributed by atoms with Gasteiger partial charge in [0.25, 0.3) is 16.8 Å². The highest BCUT2D eigenvalue weighted by Gasteiger charge is 2.40. The Labute approximate surface area is 152 Å². The molecule has 7 nitrogen and oxygen atoms in total. The summed E-state index contributed by atoms with van der Waals surface area (Å²) in [5.74, 6) is -0.999. The SMILES string of the molecule is CCC(Nc1c(Nc2cccc(C(=O)N(C)C)c2O)c(=O)c1=O)C(F)(F)F. The predicted molar refractivity (Wildman–Crippen MR) is 94.5 cm³/mol. The van der Waals surface area contributed by atoms with Crippen molar-refractivity contribution in [2.45, 2.75) is 25.6 Å². The maximum Gasteiger partial charge on any atom is 0.408 e. The van der Waals surface area contributed by atoms with E-state index in [1.54, 1.807) is 0 Å². The number of rotatable bonds is 6. The number of carbonyl (C=O) groups excluding carboxylic acids is 1. The van der Waals surface area contributed by atoms with E-state index in [0.717, 1.165) is 0 Å². The molecule has 0 fully saturated rings. The van der Waals surface area contributed by atoms with Crippen LogP contribution in [-0.2, 0) is 0 Å². The molecule has 0 heterocycles. The average molecular weight is 385 g/mol. The number of carbonyl (C=O) groups is 1. The Morgan fingerprint density at radius 3 is 2.30 bits per heavy atom. The summed E-state index contributed by atoms with van der Waals surface area (Å²) >= 11 is 0. The van der Waals surface area contributed by atoms with Crippen LogP contribution >= 0.6 is 0 Å². The first kappa shape index (κ1) is 20.3. The van der Waals surface area contributed by atoms with Gasteiger partial charge in [-0.2, -0.15) is 13.2 Å². The molecule has 1 atom stereocenters. The summed E-state index contributed by atoms with van der Waals surface area (Å²) in [7, 11) is 2.95. The summed E-state index contributed by atoms with van der Waals surface area (Å²) in [5.41, 5.74) is -3.16. The number of amides is 1. The van der Waals surface area contributed by atoms with Crippen LogP contribution in [0.3, 0.4) is 0 Å². The third-order valence-corrected chi connectivity index (χ3v) is 3.96. The summed E-state index contributed by atoms with van der Waals surface area (Å²) in [5, 5.41) is 14.7. The molecule has 2 aromatic carbocycles. The third-order valence-electron chi connectivity index (χ3n) is 3.96. The molecule has 1 unspecified atom stereocenters. The Bertz CT molecular complexity index is 931. The highest BCUT2D eigenvalue weighted by molar-refractivity contribution is 5.99. The van der Waals surface area contributed by atoms with Crippen molar-refractivity contribution in [2.24, 2.45) is 0 Å². The number of anilines is 3. The molecular formula is C17H18F3N3O4. The summed E-state index contributed by atoms with van der Waals surface area (Å²) in [6.45, 7) is 1.28. The van der Waals surface area contributed by atoms with E-state index in [0.29, 0.717) is 0 Å². The maximum atomic E-state index is 12.9.